The predicted octanol–water partition coefficient (Wildman–Crippen LogP) is 2.39. The topological polar surface area (TPSA) is 88.5 Å². The van der Waals surface area contributed by atoms with Gasteiger partial charge < -0.3 is 15.2 Å². The molecule has 2 N–H and O–H groups in total. The summed E-state index contributed by atoms with van der Waals surface area (Å²) in [5.74, 6) is -0.618. The van der Waals surface area contributed by atoms with Gasteiger partial charge in [-0.05, 0) is 38.2 Å². The Balaban J connectivity index is 1.84. The van der Waals surface area contributed by atoms with Crippen LogP contribution in [-0.2, 0) is 4.79 Å². The van der Waals surface area contributed by atoms with Crippen molar-refractivity contribution in [2.45, 2.75) is 51.0 Å². The molecule has 1 aliphatic rings. The molecule has 2 rings (SSSR count). The Morgan fingerprint density at radius 1 is 1.32 bits per heavy atom. The SMILES string of the molecule is O=C(O)CCCNC(=O)c1ccnc(OC2CCCCC2)c1. The van der Waals surface area contributed by atoms with Crippen LogP contribution < -0.4 is 10.1 Å². The van der Waals surface area contributed by atoms with Crippen LogP contribution in [-0.4, -0.2) is 34.6 Å². The van der Waals surface area contributed by atoms with E-state index < -0.39 is 5.97 Å². The van der Waals surface area contributed by atoms with Crippen LogP contribution in [0.4, 0.5) is 0 Å². The Hall–Kier alpha value is -2.11. The fourth-order valence-corrected chi connectivity index (χ4v) is 2.51. The lowest BCUT2D eigenvalue weighted by Gasteiger charge is -2.22. The molecule has 1 aromatic rings. The number of carbonyl (C=O) groups excluding carboxylic acids is 1. The monoisotopic (exact) mass is 306 g/mol. The highest BCUT2D eigenvalue weighted by atomic mass is 16.5. The zero-order chi connectivity index (χ0) is 15.8. The van der Waals surface area contributed by atoms with Crippen LogP contribution in [0.1, 0.15) is 55.3 Å². The number of carboxylic acids is 1. The molecule has 0 atom stereocenters. The molecule has 1 amide bonds. The van der Waals surface area contributed by atoms with Crippen molar-refractivity contribution in [3.05, 3.63) is 23.9 Å². The quantitative estimate of drug-likeness (QED) is 0.755. The number of carbonyl (C=O) groups is 2. The zero-order valence-corrected chi connectivity index (χ0v) is 12.6. The van der Waals surface area contributed by atoms with Crippen LogP contribution in [0.2, 0.25) is 0 Å². The highest BCUT2D eigenvalue weighted by molar-refractivity contribution is 5.94. The minimum absolute atomic E-state index is 0.0483. The molecule has 1 saturated carbocycles. The number of ether oxygens (including phenoxy) is 1. The molecule has 0 unspecified atom stereocenters. The van der Waals surface area contributed by atoms with E-state index in [-0.39, 0.29) is 18.4 Å². The molecule has 0 aromatic carbocycles. The smallest absolute Gasteiger partial charge is 0.303 e. The molecule has 6 heteroatoms. The molecule has 0 bridgehead atoms. The van der Waals surface area contributed by atoms with Gasteiger partial charge in [0.1, 0.15) is 6.10 Å². The molecule has 1 heterocycles. The summed E-state index contributed by atoms with van der Waals surface area (Å²) in [7, 11) is 0. The second-order valence-electron chi connectivity index (χ2n) is 5.51. The predicted molar refractivity (Wildman–Crippen MR) is 80.9 cm³/mol. The van der Waals surface area contributed by atoms with Crippen molar-refractivity contribution in [1.82, 2.24) is 10.3 Å². The van der Waals surface area contributed by atoms with Gasteiger partial charge in [-0.2, -0.15) is 0 Å². The summed E-state index contributed by atoms with van der Waals surface area (Å²) in [6.45, 7) is 0.340. The minimum atomic E-state index is -0.860. The molecule has 6 nitrogen and oxygen atoms in total. The van der Waals surface area contributed by atoms with Crippen molar-refractivity contribution in [2.24, 2.45) is 0 Å². The molecule has 0 saturated heterocycles. The van der Waals surface area contributed by atoms with Crippen molar-refractivity contribution in [1.29, 1.82) is 0 Å². The van der Waals surface area contributed by atoms with Crippen LogP contribution in [0.15, 0.2) is 18.3 Å². The van der Waals surface area contributed by atoms with Gasteiger partial charge in [0.2, 0.25) is 5.88 Å². The standard InChI is InChI=1S/C16H22N2O4/c19-15(20)7-4-9-18-16(21)12-8-10-17-14(11-12)22-13-5-2-1-3-6-13/h8,10-11,13H,1-7,9H2,(H,18,21)(H,19,20). The van der Waals surface area contributed by atoms with Crippen LogP contribution in [0.3, 0.4) is 0 Å². The van der Waals surface area contributed by atoms with E-state index in [4.69, 9.17) is 9.84 Å². The summed E-state index contributed by atoms with van der Waals surface area (Å²) in [6.07, 6.45) is 7.89. The van der Waals surface area contributed by atoms with Crippen molar-refractivity contribution in [2.75, 3.05) is 6.54 Å². The van der Waals surface area contributed by atoms with E-state index in [9.17, 15) is 9.59 Å². The highest BCUT2D eigenvalue weighted by Gasteiger charge is 2.16. The van der Waals surface area contributed by atoms with Crippen molar-refractivity contribution >= 4 is 11.9 Å². The van der Waals surface area contributed by atoms with Crippen molar-refractivity contribution in [3.63, 3.8) is 0 Å². The lowest BCUT2D eigenvalue weighted by molar-refractivity contribution is -0.137. The maximum absolute atomic E-state index is 12.0. The van der Waals surface area contributed by atoms with Gasteiger partial charge in [0, 0.05) is 30.8 Å². The summed E-state index contributed by atoms with van der Waals surface area (Å²) >= 11 is 0. The van der Waals surface area contributed by atoms with E-state index in [1.54, 1.807) is 18.3 Å². The van der Waals surface area contributed by atoms with Crippen LogP contribution >= 0.6 is 0 Å². The first kappa shape index (κ1) is 16.3. The normalized spacial score (nSPS) is 15.3. The molecular weight excluding hydrogens is 284 g/mol. The number of aliphatic carboxylic acids is 1. The molecule has 1 aromatic heterocycles. The van der Waals surface area contributed by atoms with Gasteiger partial charge >= 0.3 is 5.97 Å². The zero-order valence-electron chi connectivity index (χ0n) is 12.6. The Kier molecular flexibility index (Phi) is 6.18. The van der Waals surface area contributed by atoms with Gasteiger partial charge in [-0.1, -0.05) is 6.42 Å². The third-order valence-electron chi connectivity index (χ3n) is 3.69. The first-order valence-electron chi connectivity index (χ1n) is 7.78. The third kappa shape index (κ3) is 5.35. The van der Waals surface area contributed by atoms with Gasteiger partial charge in [-0.3, -0.25) is 9.59 Å². The highest BCUT2D eigenvalue weighted by Crippen LogP contribution is 2.22. The maximum Gasteiger partial charge on any atom is 0.303 e. The molecule has 0 aliphatic heterocycles. The Labute approximate surface area is 129 Å². The van der Waals surface area contributed by atoms with Gasteiger partial charge in [-0.15, -0.1) is 0 Å². The number of hydrogen-bond acceptors (Lipinski definition) is 4. The summed E-state index contributed by atoms with van der Waals surface area (Å²) in [6, 6.07) is 3.27. The van der Waals surface area contributed by atoms with Crippen LogP contribution in [0.5, 0.6) is 5.88 Å². The average Bonchev–Trinajstić information content (AvgIpc) is 2.52. The average molecular weight is 306 g/mol. The molecule has 1 aliphatic carbocycles. The second kappa shape index (κ2) is 8.36. The van der Waals surface area contributed by atoms with Gasteiger partial charge in [0.15, 0.2) is 0 Å². The Bertz CT molecular complexity index is 513. The van der Waals surface area contributed by atoms with Gasteiger partial charge in [0.25, 0.3) is 5.91 Å². The van der Waals surface area contributed by atoms with E-state index >= 15 is 0 Å². The van der Waals surface area contributed by atoms with E-state index in [0.29, 0.717) is 24.4 Å². The van der Waals surface area contributed by atoms with E-state index in [1.165, 1.54) is 19.3 Å². The second-order valence-corrected chi connectivity index (χ2v) is 5.51. The summed E-state index contributed by atoms with van der Waals surface area (Å²) in [4.78, 5) is 26.6. The minimum Gasteiger partial charge on any atom is -0.481 e. The molecular formula is C16H22N2O4. The van der Waals surface area contributed by atoms with Crippen LogP contribution in [0.25, 0.3) is 0 Å². The number of rotatable bonds is 7. The van der Waals surface area contributed by atoms with Gasteiger partial charge in [0.05, 0.1) is 0 Å². The fraction of sp³-hybridized carbons (Fsp3) is 0.562. The van der Waals surface area contributed by atoms with Crippen molar-refractivity contribution in [3.8, 4) is 5.88 Å². The largest absolute Gasteiger partial charge is 0.481 e. The number of amides is 1. The molecule has 1 fully saturated rings. The van der Waals surface area contributed by atoms with E-state index in [2.05, 4.69) is 10.3 Å². The third-order valence-corrected chi connectivity index (χ3v) is 3.69. The van der Waals surface area contributed by atoms with Crippen molar-refractivity contribution < 1.29 is 19.4 Å². The van der Waals surface area contributed by atoms with E-state index in [1.807, 2.05) is 0 Å². The first-order valence-corrected chi connectivity index (χ1v) is 7.78. The molecule has 0 spiro atoms. The van der Waals surface area contributed by atoms with Gasteiger partial charge in [-0.25, -0.2) is 4.98 Å². The first-order chi connectivity index (χ1) is 10.6. The maximum atomic E-state index is 12.0. The number of nitrogens with zero attached hydrogens (tertiary/aromatic N) is 1. The van der Waals surface area contributed by atoms with E-state index in [0.717, 1.165) is 12.8 Å². The number of aromatic nitrogens is 1. The number of pyridine rings is 1. The number of nitrogens with one attached hydrogen (secondary N) is 1. The number of hydrogen-bond donors (Lipinski definition) is 2. The molecule has 0 radical (unpaired) electrons. The summed E-state index contributed by atoms with van der Waals surface area (Å²) in [5.41, 5.74) is 0.483. The van der Waals surface area contributed by atoms with Crippen LogP contribution in [0, 0.1) is 0 Å². The number of carboxylic acid groups (broad SMARTS) is 1. The lowest BCUT2D eigenvalue weighted by Crippen LogP contribution is -2.25. The summed E-state index contributed by atoms with van der Waals surface area (Å²) < 4.78 is 5.83. The Morgan fingerprint density at radius 2 is 2.09 bits per heavy atom. The fourth-order valence-electron chi connectivity index (χ4n) is 2.51. The molecule has 120 valence electrons. The molecule has 22 heavy (non-hydrogen) atoms. The lowest BCUT2D eigenvalue weighted by atomic mass is 9.98. The summed E-state index contributed by atoms with van der Waals surface area (Å²) in [5, 5.41) is 11.2. The Morgan fingerprint density at radius 3 is 2.82 bits per heavy atom.